The van der Waals surface area contributed by atoms with Crippen LogP contribution in [0.4, 0.5) is 0 Å². The first kappa shape index (κ1) is 25.5. The van der Waals surface area contributed by atoms with Gasteiger partial charge in [0.1, 0.15) is 17.8 Å². The Bertz CT molecular complexity index is 1110. The molecule has 35 heavy (non-hydrogen) atoms. The molecule has 0 spiro atoms. The van der Waals surface area contributed by atoms with E-state index in [0.29, 0.717) is 16.7 Å². The van der Waals surface area contributed by atoms with E-state index in [1.54, 1.807) is 32.9 Å². The number of fused-ring (bicyclic) bond motifs is 3. The van der Waals surface area contributed by atoms with Crippen LogP contribution in [-0.2, 0) is 20.7 Å². The topological polar surface area (TPSA) is 124 Å². The summed E-state index contributed by atoms with van der Waals surface area (Å²) in [6.45, 7) is 8.57. The summed E-state index contributed by atoms with van der Waals surface area (Å²) >= 11 is 0. The van der Waals surface area contributed by atoms with E-state index in [0.717, 1.165) is 5.56 Å². The highest BCUT2D eigenvalue weighted by molar-refractivity contribution is 6.04. The predicted molar refractivity (Wildman–Crippen MR) is 129 cm³/mol. The molecule has 1 fully saturated rings. The summed E-state index contributed by atoms with van der Waals surface area (Å²) in [4.78, 5) is 25.6. The Balaban J connectivity index is 1.70. The minimum absolute atomic E-state index is 0.0133. The zero-order chi connectivity index (χ0) is 25.8. The van der Waals surface area contributed by atoms with Crippen LogP contribution in [0, 0.1) is 17.8 Å². The van der Waals surface area contributed by atoms with Gasteiger partial charge >= 0.3 is 5.97 Å². The van der Waals surface area contributed by atoms with Gasteiger partial charge in [0, 0.05) is 18.3 Å². The lowest BCUT2D eigenvalue weighted by Crippen LogP contribution is -2.68. The number of hydrogen-bond donors (Lipinski definition) is 4. The third-order valence-electron chi connectivity index (χ3n) is 8.21. The van der Waals surface area contributed by atoms with Crippen LogP contribution in [0.3, 0.4) is 0 Å². The van der Waals surface area contributed by atoms with Gasteiger partial charge in [-0.15, -0.1) is 0 Å². The van der Waals surface area contributed by atoms with Gasteiger partial charge in [-0.1, -0.05) is 56.0 Å². The Kier molecular flexibility index (Phi) is 6.43. The normalized spacial score (nSPS) is 38.5. The van der Waals surface area contributed by atoms with Crippen LogP contribution in [0.5, 0.6) is 0 Å². The summed E-state index contributed by atoms with van der Waals surface area (Å²) < 4.78 is 5.48. The molecule has 4 N–H and O–H groups in total. The number of aliphatic hydroxyl groups is 4. The standard InChI is InChI=1S/C28H34O7/c1-16(2)26(32)13-18(4)28(34)21(25(26)31)11-20(14-27(33)22(28)10-17(3)24(27)30)15-35-23(29)12-19-8-6-5-7-9-19/h5-11,18,21-22,25,31-34H,1,12-15H2,2-4H3/t18-,21+,22-,25-,26-,27-,28-/m1/s1. The maximum absolute atomic E-state index is 13.1. The highest BCUT2D eigenvalue weighted by atomic mass is 16.5. The second-order valence-corrected chi connectivity index (χ2v) is 10.6. The molecule has 3 aliphatic carbocycles. The summed E-state index contributed by atoms with van der Waals surface area (Å²) in [6, 6.07) is 9.11. The predicted octanol–water partition coefficient (Wildman–Crippen LogP) is 2.03. The maximum Gasteiger partial charge on any atom is 0.310 e. The van der Waals surface area contributed by atoms with Crippen molar-refractivity contribution in [2.45, 2.75) is 62.9 Å². The lowest BCUT2D eigenvalue weighted by atomic mass is 9.55. The van der Waals surface area contributed by atoms with Gasteiger partial charge in [-0.2, -0.15) is 0 Å². The lowest BCUT2D eigenvalue weighted by Gasteiger charge is -2.56. The second kappa shape index (κ2) is 8.82. The van der Waals surface area contributed by atoms with Crippen molar-refractivity contribution in [3.63, 3.8) is 0 Å². The molecule has 0 heterocycles. The number of carbonyl (C=O) groups excluding carboxylic acids is 2. The van der Waals surface area contributed by atoms with E-state index in [9.17, 15) is 30.0 Å². The third kappa shape index (κ3) is 4.00. The number of ether oxygens (including phenoxy) is 1. The average Bonchev–Trinajstić information content (AvgIpc) is 2.97. The van der Waals surface area contributed by atoms with E-state index in [2.05, 4.69) is 6.58 Å². The maximum atomic E-state index is 13.1. The van der Waals surface area contributed by atoms with Crippen molar-refractivity contribution < 1.29 is 34.8 Å². The molecule has 0 aliphatic heterocycles. The smallest absolute Gasteiger partial charge is 0.310 e. The van der Waals surface area contributed by atoms with Crippen molar-refractivity contribution in [1.29, 1.82) is 0 Å². The average molecular weight is 483 g/mol. The molecule has 1 aromatic rings. The van der Waals surface area contributed by atoms with Gasteiger partial charge in [-0.25, -0.2) is 0 Å². The number of rotatable bonds is 5. The molecule has 7 atom stereocenters. The molecular formula is C28H34O7. The van der Waals surface area contributed by atoms with Gasteiger partial charge in [0.15, 0.2) is 5.78 Å². The summed E-state index contributed by atoms with van der Waals surface area (Å²) in [5.74, 6) is -3.62. The molecule has 0 radical (unpaired) electrons. The summed E-state index contributed by atoms with van der Waals surface area (Å²) in [6.07, 6.45) is 1.61. The number of benzene rings is 1. The molecule has 1 aromatic carbocycles. The van der Waals surface area contributed by atoms with Crippen molar-refractivity contribution in [2.24, 2.45) is 17.8 Å². The van der Waals surface area contributed by atoms with Crippen molar-refractivity contribution in [3.8, 4) is 0 Å². The van der Waals surface area contributed by atoms with Gasteiger partial charge in [0.2, 0.25) is 0 Å². The Labute approximate surface area is 205 Å². The fraction of sp³-hybridized carbons (Fsp3) is 0.500. The van der Waals surface area contributed by atoms with Crippen LogP contribution >= 0.6 is 0 Å². The molecule has 4 rings (SSSR count). The van der Waals surface area contributed by atoms with Crippen molar-refractivity contribution >= 4 is 11.8 Å². The zero-order valence-corrected chi connectivity index (χ0v) is 20.4. The van der Waals surface area contributed by atoms with Crippen LogP contribution < -0.4 is 0 Å². The van der Waals surface area contributed by atoms with Crippen LogP contribution in [0.1, 0.15) is 39.2 Å². The van der Waals surface area contributed by atoms with E-state index in [-0.39, 0.29) is 25.9 Å². The highest BCUT2D eigenvalue weighted by Gasteiger charge is 2.67. The number of hydrogen-bond acceptors (Lipinski definition) is 7. The minimum atomic E-state index is -1.95. The summed E-state index contributed by atoms with van der Waals surface area (Å²) in [5.41, 5.74) is -3.46. The van der Waals surface area contributed by atoms with Gasteiger partial charge in [-0.05, 0) is 48.5 Å². The number of aliphatic hydroxyl groups excluding tert-OH is 1. The van der Waals surface area contributed by atoms with E-state index in [1.165, 1.54) is 0 Å². The fourth-order valence-corrected chi connectivity index (χ4v) is 6.19. The van der Waals surface area contributed by atoms with E-state index < -0.39 is 52.4 Å². The molecule has 0 bridgehead atoms. The largest absolute Gasteiger partial charge is 0.461 e. The number of ketones is 1. The molecule has 0 unspecified atom stereocenters. The van der Waals surface area contributed by atoms with Crippen LogP contribution in [0.2, 0.25) is 0 Å². The van der Waals surface area contributed by atoms with Crippen molar-refractivity contribution in [1.82, 2.24) is 0 Å². The Morgan fingerprint density at radius 1 is 1.17 bits per heavy atom. The third-order valence-corrected chi connectivity index (χ3v) is 8.21. The molecule has 0 saturated heterocycles. The summed E-state index contributed by atoms with van der Waals surface area (Å²) in [5, 5.41) is 46.3. The van der Waals surface area contributed by atoms with Crippen molar-refractivity contribution in [2.75, 3.05) is 6.61 Å². The molecule has 7 heteroatoms. The highest BCUT2D eigenvalue weighted by Crippen LogP contribution is 2.57. The fourth-order valence-electron chi connectivity index (χ4n) is 6.19. The number of carbonyl (C=O) groups is 2. The quantitative estimate of drug-likeness (QED) is 0.374. The molecule has 0 amide bonds. The zero-order valence-electron chi connectivity index (χ0n) is 20.4. The van der Waals surface area contributed by atoms with Crippen LogP contribution in [0.15, 0.2) is 65.8 Å². The number of esters is 1. The first-order valence-corrected chi connectivity index (χ1v) is 12.0. The summed E-state index contributed by atoms with van der Waals surface area (Å²) in [7, 11) is 0. The number of Topliss-reactive ketones (excluding diaryl/α,β-unsaturated/α-hetero) is 1. The first-order valence-electron chi connectivity index (χ1n) is 12.0. The Hall–Kier alpha value is -2.58. The molecule has 0 aromatic heterocycles. The second-order valence-electron chi connectivity index (χ2n) is 10.6. The lowest BCUT2D eigenvalue weighted by molar-refractivity contribution is -0.223. The van der Waals surface area contributed by atoms with Gasteiger partial charge in [0.05, 0.1) is 18.1 Å². The molecule has 3 aliphatic rings. The molecule has 1 saturated carbocycles. The minimum Gasteiger partial charge on any atom is -0.461 e. The monoisotopic (exact) mass is 482 g/mol. The van der Waals surface area contributed by atoms with E-state index in [1.807, 2.05) is 30.3 Å². The first-order chi connectivity index (χ1) is 16.3. The van der Waals surface area contributed by atoms with Gasteiger partial charge in [0.25, 0.3) is 0 Å². The molecular weight excluding hydrogens is 448 g/mol. The SMILES string of the molecule is C=C(C)[C@]1(O)C[C@@H](C)[C@@]2(O)[C@@H](C=C(COC(=O)Cc3ccccc3)C[C@]3(O)C(=O)C(C)=C[C@@H]23)[C@H]1O. The van der Waals surface area contributed by atoms with Gasteiger partial charge in [-0.3, -0.25) is 9.59 Å². The van der Waals surface area contributed by atoms with Crippen LogP contribution in [0.25, 0.3) is 0 Å². The van der Waals surface area contributed by atoms with Crippen LogP contribution in [-0.4, -0.2) is 61.7 Å². The molecule has 7 nitrogen and oxygen atoms in total. The van der Waals surface area contributed by atoms with E-state index in [4.69, 9.17) is 4.74 Å². The Morgan fingerprint density at radius 3 is 2.46 bits per heavy atom. The van der Waals surface area contributed by atoms with Crippen molar-refractivity contribution in [3.05, 3.63) is 71.3 Å². The Morgan fingerprint density at radius 2 is 1.83 bits per heavy atom. The van der Waals surface area contributed by atoms with Gasteiger partial charge < -0.3 is 25.2 Å². The molecule has 188 valence electrons. The van der Waals surface area contributed by atoms with E-state index >= 15 is 0 Å².